The van der Waals surface area contributed by atoms with Crippen molar-refractivity contribution < 1.29 is 19.6 Å². The summed E-state index contributed by atoms with van der Waals surface area (Å²) in [6.45, 7) is 0. The van der Waals surface area contributed by atoms with Crippen molar-refractivity contribution in [2.45, 2.75) is 0 Å². The molecule has 0 unspecified atom stereocenters. The molecule has 0 bridgehead atoms. The van der Waals surface area contributed by atoms with Crippen LogP contribution in [0.3, 0.4) is 0 Å². The SMILES string of the molecule is O=C(O)c1c(Cl)c(Cl)c(Cl)c(Cl)c1C(=O)Nc1ccc([N+](=O)[O-])cn1. The van der Waals surface area contributed by atoms with E-state index < -0.39 is 38.0 Å². The van der Waals surface area contributed by atoms with Gasteiger partial charge in [0.15, 0.2) is 0 Å². The normalized spacial score (nSPS) is 10.4. The van der Waals surface area contributed by atoms with E-state index in [0.717, 1.165) is 18.3 Å². The van der Waals surface area contributed by atoms with E-state index in [9.17, 15) is 24.8 Å². The lowest BCUT2D eigenvalue weighted by Gasteiger charge is -2.13. The number of amides is 1. The standard InChI is InChI=1S/C13H5Cl4N3O5/c14-8-6(7(13(22)23)9(15)11(17)10(8)16)12(21)19-5-2-1-4(3-18-5)20(24)25/h1-3H,(H,22,23)(H,18,19,21). The number of nitrogens with one attached hydrogen (secondary N) is 1. The number of benzene rings is 1. The fraction of sp³-hybridized carbons (Fsp3) is 0. The number of rotatable bonds is 4. The number of anilines is 1. The molecule has 0 radical (unpaired) electrons. The molecule has 25 heavy (non-hydrogen) atoms. The van der Waals surface area contributed by atoms with Crippen molar-refractivity contribution in [3.8, 4) is 0 Å². The predicted molar refractivity (Wildman–Crippen MR) is 92.3 cm³/mol. The third-order valence-electron chi connectivity index (χ3n) is 2.91. The third-order valence-corrected chi connectivity index (χ3v) is 4.71. The number of nitrogens with zero attached hydrogens (tertiary/aromatic N) is 2. The summed E-state index contributed by atoms with van der Waals surface area (Å²) in [7, 11) is 0. The number of aromatic carboxylic acids is 1. The number of carboxylic acids is 1. The van der Waals surface area contributed by atoms with Gasteiger partial charge in [-0.15, -0.1) is 0 Å². The summed E-state index contributed by atoms with van der Waals surface area (Å²) in [5, 5.41) is 20.7. The molecule has 2 rings (SSSR count). The first kappa shape index (κ1) is 19.2. The van der Waals surface area contributed by atoms with Crippen LogP contribution < -0.4 is 5.32 Å². The van der Waals surface area contributed by atoms with Gasteiger partial charge in [-0.1, -0.05) is 46.4 Å². The predicted octanol–water partition coefficient (Wildman–Crippen LogP) is 4.55. The third kappa shape index (κ3) is 3.77. The molecule has 1 aromatic carbocycles. The molecule has 0 aliphatic heterocycles. The van der Waals surface area contributed by atoms with Gasteiger partial charge in [-0.2, -0.15) is 0 Å². The number of hydrogen-bond donors (Lipinski definition) is 2. The molecule has 2 N–H and O–H groups in total. The van der Waals surface area contributed by atoms with Crippen LogP contribution in [0.4, 0.5) is 11.5 Å². The number of carbonyl (C=O) groups is 2. The Morgan fingerprint density at radius 1 is 1.04 bits per heavy atom. The maximum absolute atomic E-state index is 12.4. The van der Waals surface area contributed by atoms with Gasteiger partial charge in [-0.3, -0.25) is 14.9 Å². The Hall–Kier alpha value is -2.13. The van der Waals surface area contributed by atoms with Crippen molar-refractivity contribution in [1.82, 2.24) is 4.98 Å². The van der Waals surface area contributed by atoms with Crippen LogP contribution in [0.5, 0.6) is 0 Å². The average molecular weight is 425 g/mol. The number of aromatic nitrogens is 1. The lowest BCUT2D eigenvalue weighted by molar-refractivity contribution is -0.385. The number of pyridine rings is 1. The van der Waals surface area contributed by atoms with E-state index in [-0.39, 0.29) is 21.6 Å². The molecule has 0 fully saturated rings. The molecular formula is C13H5Cl4N3O5. The van der Waals surface area contributed by atoms with Crippen LogP contribution in [0.25, 0.3) is 0 Å². The lowest BCUT2D eigenvalue weighted by Crippen LogP contribution is -2.18. The Morgan fingerprint density at radius 3 is 2.04 bits per heavy atom. The largest absolute Gasteiger partial charge is 0.478 e. The van der Waals surface area contributed by atoms with Crippen LogP contribution in [-0.4, -0.2) is 26.9 Å². The fourth-order valence-corrected chi connectivity index (χ4v) is 2.81. The van der Waals surface area contributed by atoms with E-state index in [4.69, 9.17) is 46.4 Å². The molecular weight excluding hydrogens is 420 g/mol. The highest BCUT2D eigenvalue weighted by Gasteiger charge is 2.29. The molecule has 2 aromatic rings. The quantitative estimate of drug-likeness (QED) is 0.321. The number of hydrogen-bond acceptors (Lipinski definition) is 5. The summed E-state index contributed by atoms with van der Waals surface area (Å²) in [5.74, 6) is -2.61. The molecule has 12 heteroatoms. The topological polar surface area (TPSA) is 122 Å². The summed E-state index contributed by atoms with van der Waals surface area (Å²) >= 11 is 23.4. The summed E-state index contributed by atoms with van der Waals surface area (Å²) < 4.78 is 0. The smallest absolute Gasteiger partial charge is 0.338 e. The van der Waals surface area contributed by atoms with E-state index in [1.165, 1.54) is 0 Å². The highest BCUT2D eigenvalue weighted by molar-refractivity contribution is 6.54. The fourth-order valence-electron chi connectivity index (χ4n) is 1.79. The first-order valence-electron chi connectivity index (χ1n) is 6.16. The molecule has 8 nitrogen and oxygen atoms in total. The highest BCUT2D eigenvalue weighted by Crippen LogP contribution is 2.41. The zero-order valence-electron chi connectivity index (χ0n) is 11.7. The molecule has 0 saturated heterocycles. The molecule has 1 aromatic heterocycles. The monoisotopic (exact) mass is 423 g/mol. The summed E-state index contributed by atoms with van der Waals surface area (Å²) in [6.07, 6.45) is 0.914. The van der Waals surface area contributed by atoms with Gasteiger partial charge in [-0.05, 0) is 6.07 Å². The maximum Gasteiger partial charge on any atom is 0.338 e. The molecule has 0 saturated carbocycles. The Bertz CT molecular complexity index is 902. The van der Waals surface area contributed by atoms with E-state index in [0.29, 0.717) is 0 Å². The minimum Gasteiger partial charge on any atom is -0.478 e. The second-order valence-electron chi connectivity index (χ2n) is 4.42. The van der Waals surface area contributed by atoms with Crippen LogP contribution in [0.2, 0.25) is 20.1 Å². The van der Waals surface area contributed by atoms with Crippen molar-refractivity contribution in [2.24, 2.45) is 0 Å². The van der Waals surface area contributed by atoms with E-state index in [2.05, 4.69) is 10.3 Å². The molecule has 0 aliphatic carbocycles. The number of nitro groups is 1. The summed E-state index contributed by atoms with van der Waals surface area (Å²) in [5.41, 5.74) is -1.45. The number of carboxylic acid groups (broad SMARTS) is 1. The van der Waals surface area contributed by atoms with E-state index in [1.807, 2.05) is 0 Å². The van der Waals surface area contributed by atoms with Crippen LogP contribution in [0.1, 0.15) is 20.7 Å². The number of halogens is 4. The average Bonchev–Trinajstić information content (AvgIpc) is 2.55. The second kappa shape index (κ2) is 7.40. The molecule has 0 atom stereocenters. The maximum atomic E-state index is 12.4. The van der Waals surface area contributed by atoms with E-state index in [1.54, 1.807) is 0 Å². The van der Waals surface area contributed by atoms with Crippen molar-refractivity contribution in [1.29, 1.82) is 0 Å². The van der Waals surface area contributed by atoms with Crippen LogP contribution >= 0.6 is 46.4 Å². The first-order valence-corrected chi connectivity index (χ1v) is 7.67. The molecule has 1 amide bonds. The highest BCUT2D eigenvalue weighted by atomic mass is 35.5. The summed E-state index contributed by atoms with van der Waals surface area (Å²) in [4.78, 5) is 37.4. The minimum absolute atomic E-state index is 0.0785. The minimum atomic E-state index is -1.55. The van der Waals surface area contributed by atoms with Crippen molar-refractivity contribution in [3.05, 3.63) is 59.7 Å². The molecule has 0 spiro atoms. The Morgan fingerprint density at radius 2 is 1.60 bits per heavy atom. The van der Waals surface area contributed by atoms with Gasteiger partial charge in [0.25, 0.3) is 11.6 Å². The van der Waals surface area contributed by atoms with Crippen molar-refractivity contribution >= 4 is 69.8 Å². The molecule has 0 aliphatic rings. The Balaban J connectivity index is 2.48. The Kier molecular flexibility index (Phi) is 5.69. The molecule has 1 heterocycles. The van der Waals surface area contributed by atoms with Gasteiger partial charge in [0.1, 0.15) is 12.0 Å². The second-order valence-corrected chi connectivity index (χ2v) is 5.94. The summed E-state index contributed by atoms with van der Waals surface area (Å²) in [6, 6.07) is 2.26. The molecule has 130 valence electrons. The Labute approximate surface area is 159 Å². The van der Waals surface area contributed by atoms with Gasteiger partial charge in [0, 0.05) is 6.07 Å². The van der Waals surface area contributed by atoms with Gasteiger partial charge in [-0.25, -0.2) is 9.78 Å². The zero-order chi connectivity index (χ0) is 18.9. The van der Waals surface area contributed by atoms with Gasteiger partial charge in [0.2, 0.25) is 0 Å². The lowest BCUT2D eigenvalue weighted by atomic mass is 10.1. The number of carbonyl (C=O) groups excluding carboxylic acids is 1. The first-order chi connectivity index (χ1) is 11.6. The van der Waals surface area contributed by atoms with Crippen LogP contribution in [0.15, 0.2) is 18.3 Å². The van der Waals surface area contributed by atoms with Gasteiger partial charge >= 0.3 is 5.97 Å². The van der Waals surface area contributed by atoms with E-state index >= 15 is 0 Å². The van der Waals surface area contributed by atoms with Crippen molar-refractivity contribution in [2.75, 3.05) is 5.32 Å². The van der Waals surface area contributed by atoms with Crippen molar-refractivity contribution in [3.63, 3.8) is 0 Å². The van der Waals surface area contributed by atoms with Gasteiger partial charge in [0.05, 0.1) is 36.1 Å². The van der Waals surface area contributed by atoms with Crippen LogP contribution in [0, 0.1) is 10.1 Å². The zero-order valence-corrected chi connectivity index (χ0v) is 14.7. The van der Waals surface area contributed by atoms with Crippen LogP contribution in [-0.2, 0) is 0 Å². The van der Waals surface area contributed by atoms with Gasteiger partial charge < -0.3 is 10.4 Å².